The number of nitrogens with one attached hydrogen (secondary N) is 1. The van der Waals surface area contributed by atoms with Crippen molar-refractivity contribution in [3.05, 3.63) is 82.7 Å². The summed E-state index contributed by atoms with van der Waals surface area (Å²) in [6, 6.07) is 1.83. The number of hydrogen-bond acceptors (Lipinski definition) is 7. The molecule has 0 radical (unpaired) electrons. The second kappa shape index (κ2) is 16.0. The molecule has 0 saturated heterocycles. The number of rotatable bonds is 13. The number of nitrogens with zero attached hydrogens (tertiary/aromatic N) is 3. The van der Waals surface area contributed by atoms with Gasteiger partial charge in [0.25, 0.3) is 0 Å². The molecule has 0 aliphatic rings. The normalized spacial score (nSPS) is 14.5. The zero-order valence-electron chi connectivity index (χ0n) is 22.1. The van der Waals surface area contributed by atoms with Crippen LogP contribution >= 0.6 is 0 Å². The fourth-order valence-corrected chi connectivity index (χ4v) is 3.11. The predicted octanol–water partition coefficient (Wildman–Crippen LogP) is 5.92. The number of hydrogen-bond donors (Lipinski definition) is 2. The third-order valence-electron chi connectivity index (χ3n) is 4.96. The summed E-state index contributed by atoms with van der Waals surface area (Å²) in [5.74, 6) is 0.966. The highest BCUT2D eigenvalue weighted by Crippen LogP contribution is 2.16. The topological polar surface area (TPSA) is 102 Å². The van der Waals surface area contributed by atoms with Crippen molar-refractivity contribution in [3.63, 3.8) is 0 Å². The Morgan fingerprint density at radius 1 is 1.14 bits per heavy atom. The largest absolute Gasteiger partial charge is 0.497 e. The molecular weight excluding hydrogens is 438 g/mol. The maximum atomic E-state index is 13.1. The van der Waals surface area contributed by atoms with Crippen molar-refractivity contribution < 1.29 is 9.53 Å². The second-order valence-electron chi connectivity index (χ2n) is 7.82. The molecule has 1 heterocycles. The lowest BCUT2D eigenvalue weighted by atomic mass is 10.0. The lowest BCUT2D eigenvalue weighted by Crippen LogP contribution is -2.19. The molecule has 0 fully saturated rings. The van der Waals surface area contributed by atoms with Crippen LogP contribution in [0.1, 0.15) is 60.1 Å². The number of ketones is 1. The van der Waals surface area contributed by atoms with E-state index in [4.69, 9.17) is 10.5 Å². The summed E-state index contributed by atoms with van der Waals surface area (Å²) in [6.45, 7) is 11.7. The SMILES string of the molecule is C\C=C/N=C/C(=C/CC)c1ccnc(NC/C(C(=O)/C(C)=C/C=C(OC)\C(C)=C\CC)=C(\C)N)n1. The molecule has 3 N–H and O–H groups in total. The lowest BCUT2D eigenvalue weighted by Gasteiger charge is -2.12. The van der Waals surface area contributed by atoms with Crippen LogP contribution in [0.5, 0.6) is 0 Å². The highest BCUT2D eigenvalue weighted by atomic mass is 16.5. The Bertz CT molecular complexity index is 1070. The van der Waals surface area contributed by atoms with Crippen molar-refractivity contribution in [1.29, 1.82) is 0 Å². The van der Waals surface area contributed by atoms with E-state index in [0.717, 1.165) is 29.7 Å². The first-order valence-electron chi connectivity index (χ1n) is 11.8. The van der Waals surface area contributed by atoms with Crippen molar-refractivity contribution in [2.24, 2.45) is 10.7 Å². The van der Waals surface area contributed by atoms with Crippen LogP contribution in [0.25, 0.3) is 5.57 Å². The van der Waals surface area contributed by atoms with E-state index in [9.17, 15) is 4.79 Å². The molecule has 1 aromatic rings. The Morgan fingerprint density at radius 3 is 2.46 bits per heavy atom. The van der Waals surface area contributed by atoms with Gasteiger partial charge in [0.2, 0.25) is 5.95 Å². The predicted molar refractivity (Wildman–Crippen MR) is 147 cm³/mol. The summed E-state index contributed by atoms with van der Waals surface area (Å²) in [5, 5.41) is 3.13. The number of carbonyl (C=O) groups excluding carboxylic acids is 1. The van der Waals surface area contributed by atoms with Crippen molar-refractivity contribution in [3.8, 4) is 0 Å². The number of anilines is 1. The van der Waals surface area contributed by atoms with Crippen molar-refractivity contribution in [2.45, 2.75) is 54.4 Å². The summed E-state index contributed by atoms with van der Waals surface area (Å²) in [5.41, 5.74) is 10.2. The van der Waals surface area contributed by atoms with Gasteiger partial charge in [0, 0.05) is 42.0 Å². The minimum atomic E-state index is -0.150. The molecule has 1 aromatic heterocycles. The highest BCUT2D eigenvalue weighted by Gasteiger charge is 2.15. The summed E-state index contributed by atoms with van der Waals surface area (Å²) in [6.07, 6.45) is 16.4. The van der Waals surface area contributed by atoms with Gasteiger partial charge in [-0.05, 0) is 63.8 Å². The first kappa shape index (κ1) is 29.3. The molecule has 188 valence electrons. The van der Waals surface area contributed by atoms with Gasteiger partial charge in [-0.1, -0.05) is 38.2 Å². The molecule has 0 aromatic carbocycles. The minimum Gasteiger partial charge on any atom is -0.497 e. The van der Waals surface area contributed by atoms with Gasteiger partial charge in [-0.2, -0.15) is 0 Å². The molecule has 0 amide bonds. The van der Waals surface area contributed by atoms with E-state index in [1.54, 1.807) is 51.7 Å². The molecule has 0 bridgehead atoms. The van der Waals surface area contributed by atoms with E-state index in [0.29, 0.717) is 28.6 Å². The van der Waals surface area contributed by atoms with Gasteiger partial charge in [-0.3, -0.25) is 9.79 Å². The fourth-order valence-electron chi connectivity index (χ4n) is 3.11. The molecule has 0 aliphatic carbocycles. The molecule has 0 unspecified atom stereocenters. The summed E-state index contributed by atoms with van der Waals surface area (Å²) in [7, 11) is 1.62. The molecule has 35 heavy (non-hydrogen) atoms. The Morgan fingerprint density at radius 2 is 1.86 bits per heavy atom. The van der Waals surface area contributed by atoms with Gasteiger partial charge in [0.15, 0.2) is 5.78 Å². The molecular formula is C28H39N5O2. The summed E-state index contributed by atoms with van der Waals surface area (Å²) >= 11 is 0. The first-order valence-corrected chi connectivity index (χ1v) is 11.8. The third kappa shape index (κ3) is 9.96. The molecule has 7 nitrogen and oxygen atoms in total. The molecule has 0 atom stereocenters. The maximum absolute atomic E-state index is 13.1. The van der Waals surface area contributed by atoms with Crippen LogP contribution < -0.4 is 11.1 Å². The number of Topliss-reactive ketones (excluding diaryl/α,β-unsaturated/α-hetero) is 1. The second-order valence-corrected chi connectivity index (χ2v) is 7.82. The number of aromatic nitrogens is 2. The Kier molecular flexibility index (Phi) is 13.4. The van der Waals surface area contributed by atoms with E-state index in [1.165, 1.54) is 0 Å². The van der Waals surface area contributed by atoms with E-state index >= 15 is 0 Å². The Labute approximate surface area is 210 Å². The quantitative estimate of drug-likeness (QED) is 0.158. The third-order valence-corrected chi connectivity index (χ3v) is 4.96. The zero-order chi connectivity index (χ0) is 26.2. The minimum absolute atomic E-state index is 0.150. The average molecular weight is 478 g/mol. The molecule has 0 aliphatic heterocycles. The number of carbonyl (C=O) groups is 1. The van der Waals surface area contributed by atoms with Crippen LogP contribution in [0.4, 0.5) is 5.95 Å². The van der Waals surface area contributed by atoms with Gasteiger partial charge in [-0.15, -0.1) is 0 Å². The fraction of sp³-hybridized carbons (Fsp3) is 0.357. The van der Waals surface area contributed by atoms with Crippen LogP contribution in [0.2, 0.25) is 0 Å². The van der Waals surface area contributed by atoms with Crippen LogP contribution in [0.15, 0.2) is 82.0 Å². The van der Waals surface area contributed by atoms with E-state index in [2.05, 4.69) is 40.2 Å². The Balaban J connectivity index is 3.10. The average Bonchev–Trinajstić information content (AvgIpc) is 2.84. The maximum Gasteiger partial charge on any atom is 0.223 e. The Hall–Kier alpha value is -3.74. The standard InChI is InChI=1S/C28H39N5O2/c1-8-11-20(4)26(35-7)14-13-21(5)27(34)24(22(6)29)19-32-28-31-17-15-25(33-28)23(12-9-2)18-30-16-10-3/h10-18H,8-9,19,29H2,1-7H3,(H,31,32,33)/b16-10-,20-11+,21-13+,23-12-,24-22-,26-14+,30-18+. The van der Waals surface area contributed by atoms with Crippen molar-refractivity contribution in [2.75, 3.05) is 19.0 Å². The summed E-state index contributed by atoms with van der Waals surface area (Å²) < 4.78 is 5.44. The van der Waals surface area contributed by atoms with Gasteiger partial charge in [0.05, 0.1) is 12.8 Å². The number of methoxy groups -OCH3 is 1. The lowest BCUT2D eigenvalue weighted by molar-refractivity contribution is -0.112. The molecule has 1 rings (SSSR count). The van der Waals surface area contributed by atoms with E-state index in [-0.39, 0.29) is 12.3 Å². The van der Waals surface area contributed by atoms with Crippen molar-refractivity contribution in [1.82, 2.24) is 9.97 Å². The number of allylic oxidation sites excluding steroid dienone is 9. The van der Waals surface area contributed by atoms with Gasteiger partial charge >= 0.3 is 0 Å². The van der Waals surface area contributed by atoms with E-state index in [1.807, 2.05) is 32.1 Å². The summed E-state index contributed by atoms with van der Waals surface area (Å²) in [4.78, 5) is 26.2. The van der Waals surface area contributed by atoms with E-state index < -0.39 is 0 Å². The molecule has 0 saturated carbocycles. The van der Waals surface area contributed by atoms with Gasteiger partial charge < -0.3 is 15.8 Å². The van der Waals surface area contributed by atoms with Gasteiger partial charge in [0.1, 0.15) is 5.76 Å². The molecule has 7 heteroatoms. The van der Waals surface area contributed by atoms with Gasteiger partial charge in [-0.25, -0.2) is 9.97 Å². The molecule has 0 spiro atoms. The smallest absolute Gasteiger partial charge is 0.223 e. The highest BCUT2D eigenvalue weighted by molar-refractivity contribution is 6.09. The number of nitrogens with two attached hydrogens (primary N) is 1. The van der Waals surface area contributed by atoms with Crippen LogP contribution in [0, 0.1) is 0 Å². The van der Waals surface area contributed by atoms with Crippen LogP contribution in [-0.2, 0) is 9.53 Å². The van der Waals surface area contributed by atoms with Crippen LogP contribution in [-0.4, -0.2) is 35.6 Å². The van der Waals surface area contributed by atoms with Crippen molar-refractivity contribution >= 4 is 23.5 Å². The number of ether oxygens (including phenoxy) is 1. The first-order chi connectivity index (χ1) is 16.8. The zero-order valence-corrected chi connectivity index (χ0v) is 22.1. The number of aliphatic imine (C=N–C) groups is 1. The monoisotopic (exact) mass is 477 g/mol. The van der Waals surface area contributed by atoms with Crippen LogP contribution in [0.3, 0.4) is 0 Å².